The molecule has 0 unspecified atom stereocenters. The van der Waals surface area contributed by atoms with Crippen molar-refractivity contribution < 1.29 is 24.2 Å². The van der Waals surface area contributed by atoms with Crippen molar-refractivity contribution >= 4 is 46.4 Å². The summed E-state index contributed by atoms with van der Waals surface area (Å²) >= 11 is 6.12. The molecule has 4 rings (SSSR count). The predicted molar refractivity (Wildman–Crippen MR) is 135 cm³/mol. The van der Waals surface area contributed by atoms with E-state index in [-0.39, 0.29) is 11.8 Å². The molecule has 1 saturated heterocycles. The van der Waals surface area contributed by atoms with E-state index in [0.717, 1.165) is 11.3 Å². The van der Waals surface area contributed by atoms with Crippen LogP contribution in [0.5, 0.6) is 0 Å². The van der Waals surface area contributed by atoms with Crippen molar-refractivity contribution in [3.8, 4) is 0 Å². The van der Waals surface area contributed by atoms with E-state index in [1.165, 1.54) is 0 Å². The van der Waals surface area contributed by atoms with E-state index in [1.807, 2.05) is 19.1 Å². The van der Waals surface area contributed by atoms with Crippen LogP contribution in [0.3, 0.4) is 0 Å². The number of rotatable bonds is 6. The molecular formula is C26H28ClN3O5. The Morgan fingerprint density at radius 1 is 1.00 bits per heavy atom. The number of halogens is 1. The van der Waals surface area contributed by atoms with Crippen LogP contribution in [-0.4, -0.2) is 49.2 Å². The predicted octanol–water partition coefficient (Wildman–Crippen LogP) is 4.34. The summed E-state index contributed by atoms with van der Waals surface area (Å²) in [7, 11) is 0. The molecule has 2 atom stereocenters. The monoisotopic (exact) mass is 497 g/mol. The number of carboxylic acid groups (broad SMARTS) is 1. The Morgan fingerprint density at radius 2 is 1.71 bits per heavy atom. The van der Waals surface area contributed by atoms with E-state index in [1.54, 1.807) is 36.4 Å². The number of nitrogens with zero attached hydrogens (tertiary/aromatic N) is 1. The number of morpholine rings is 1. The first kappa shape index (κ1) is 24.8. The summed E-state index contributed by atoms with van der Waals surface area (Å²) < 4.78 is 5.45. The topological polar surface area (TPSA) is 108 Å². The molecule has 2 aromatic rings. The van der Waals surface area contributed by atoms with Crippen LogP contribution >= 0.6 is 11.6 Å². The second-order valence-corrected chi connectivity index (χ2v) is 9.16. The van der Waals surface area contributed by atoms with Crippen LogP contribution in [0.15, 0.2) is 48.6 Å². The molecule has 3 N–H and O–H groups in total. The quantitative estimate of drug-likeness (QED) is 0.512. The molecule has 2 aliphatic rings. The molecule has 0 aromatic heterocycles. The third-order valence-corrected chi connectivity index (χ3v) is 6.63. The second kappa shape index (κ2) is 10.9. The molecule has 2 aromatic carbocycles. The van der Waals surface area contributed by atoms with Gasteiger partial charge >= 0.3 is 5.97 Å². The van der Waals surface area contributed by atoms with Crippen LogP contribution in [0.4, 0.5) is 17.1 Å². The van der Waals surface area contributed by atoms with Gasteiger partial charge in [-0.25, -0.2) is 0 Å². The van der Waals surface area contributed by atoms with Crippen LogP contribution in [-0.2, 0) is 14.3 Å². The Hall–Kier alpha value is -3.36. The highest BCUT2D eigenvalue weighted by atomic mass is 35.5. The third-order valence-electron chi connectivity index (χ3n) is 6.39. The van der Waals surface area contributed by atoms with Crippen molar-refractivity contribution in [3.63, 3.8) is 0 Å². The van der Waals surface area contributed by atoms with Gasteiger partial charge in [-0.3, -0.25) is 14.4 Å². The summed E-state index contributed by atoms with van der Waals surface area (Å²) in [5, 5.41) is 15.8. The number of carbonyl (C=O) groups excluding carboxylic acids is 2. The van der Waals surface area contributed by atoms with E-state index < -0.39 is 17.8 Å². The molecule has 1 heterocycles. The SMILES string of the molecule is Cc1ccc(Cl)cc1NC(=O)c1cc(NC(=O)[C@@H]2CC=CC[C@@H]2C(=O)O)ccc1N1CCOCC1. The maximum Gasteiger partial charge on any atom is 0.307 e. The van der Waals surface area contributed by atoms with Crippen molar-refractivity contribution in [2.75, 3.05) is 41.8 Å². The van der Waals surface area contributed by atoms with Crippen molar-refractivity contribution in [3.05, 3.63) is 64.7 Å². The normalized spacial score (nSPS) is 19.8. The average molecular weight is 498 g/mol. The number of allylic oxidation sites excluding steroid dienone is 2. The first-order valence-corrected chi connectivity index (χ1v) is 11.9. The fourth-order valence-corrected chi connectivity index (χ4v) is 4.58. The summed E-state index contributed by atoms with van der Waals surface area (Å²) in [4.78, 5) is 40.1. The maximum atomic E-state index is 13.4. The summed E-state index contributed by atoms with van der Waals surface area (Å²) in [6.45, 7) is 4.26. The lowest BCUT2D eigenvalue weighted by Crippen LogP contribution is -2.37. The molecular weight excluding hydrogens is 470 g/mol. The van der Waals surface area contributed by atoms with Crippen molar-refractivity contribution in [1.29, 1.82) is 0 Å². The summed E-state index contributed by atoms with van der Waals surface area (Å²) in [5.74, 6) is -3.16. The summed E-state index contributed by atoms with van der Waals surface area (Å²) in [5.41, 5.74) is 3.02. The van der Waals surface area contributed by atoms with Crippen LogP contribution in [0.1, 0.15) is 28.8 Å². The highest BCUT2D eigenvalue weighted by Crippen LogP contribution is 2.30. The van der Waals surface area contributed by atoms with E-state index >= 15 is 0 Å². The van der Waals surface area contributed by atoms with Gasteiger partial charge in [0, 0.05) is 35.2 Å². The molecule has 9 heteroatoms. The van der Waals surface area contributed by atoms with Crippen LogP contribution in [0, 0.1) is 18.8 Å². The van der Waals surface area contributed by atoms with Gasteiger partial charge in [-0.1, -0.05) is 29.8 Å². The number of hydrogen-bond donors (Lipinski definition) is 3. The highest BCUT2D eigenvalue weighted by molar-refractivity contribution is 6.31. The number of nitrogens with one attached hydrogen (secondary N) is 2. The fraction of sp³-hybridized carbons (Fsp3) is 0.346. The number of anilines is 3. The fourth-order valence-electron chi connectivity index (χ4n) is 4.41. The van der Waals surface area contributed by atoms with E-state index in [4.69, 9.17) is 16.3 Å². The lowest BCUT2D eigenvalue weighted by atomic mass is 9.82. The molecule has 1 aliphatic heterocycles. The Bertz CT molecular complexity index is 1160. The van der Waals surface area contributed by atoms with Crippen molar-refractivity contribution in [2.45, 2.75) is 19.8 Å². The van der Waals surface area contributed by atoms with E-state index in [2.05, 4.69) is 15.5 Å². The van der Waals surface area contributed by atoms with Gasteiger partial charge in [0.25, 0.3) is 5.91 Å². The van der Waals surface area contributed by atoms with E-state index in [9.17, 15) is 19.5 Å². The molecule has 0 saturated carbocycles. The number of carboxylic acids is 1. The number of hydrogen-bond acceptors (Lipinski definition) is 5. The number of benzene rings is 2. The smallest absolute Gasteiger partial charge is 0.307 e. The first-order chi connectivity index (χ1) is 16.8. The summed E-state index contributed by atoms with van der Waals surface area (Å²) in [6, 6.07) is 10.4. The minimum atomic E-state index is -0.992. The Labute approximate surface area is 208 Å². The number of carbonyl (C=O) groups is 3. The first-order valence-electron chi connectivity index (χ1n) is 11.6. The molecule has 0 spiro atoms. The molecule has 2 amide bonds. The van der Waals surface area contributed by atoms with Crippen molar-refractivity contribution in [1.82, 2.24) is 0 Å². The molecule has 35 heavy (non-hydrogen) atoms. The number of amides is 2. The lowest BCUT2D eigenvalue weighted by Gasteiger charge is -2.31. The molecule has 8 nitrogen and oxygen atoms in total. The van der Waals surface area contributed by atoms with Crippen LogP contribution in [0.25, 0.3) is 0 Å². The van der Waals surface area contributed by atoms with Gasteiger partial charge in [-0.15, -0.1) is 0 Å². The number of aryl methyl sites for hydroxylation is 1. The van der Waals surface area contributed by atoms with Gasteiger partial charge in [0.05, 0.1) is 30.6 Å². The van der Waals surface area contributed by atoms with Crippen LogP contribution in [0.2, 0.25) is 5.02 Å². The minimum absolute atomic E-state index is 0.316. The molecule has 184 valence electrons. The molecule has 0 bridgehead atoms. The number of ether oxygens (including phenoxy) is 1. The van der Waals surface area contributed by atoms with E-state index in [0.29, 0.717) is 61.1 Å². The second-order valence-electron chi connectivity index (χ2n) is 8.73. The van der Waals surface area contributed by atoms with Gasteiger partial charge in [-0.2, -0.15) is 0 Å². The lowest BCUT2D eigenvalue weighted by molar-refractivity contribution is -0.146. The van der Waals surface area contributed by atoms with Gasteiger partial charge in [0.2, 0.25) is 5.91 Å². The maximum absolute atomic E-state index is 13.4. The van der Waals surface area contributed by atoms with Crippen LogP contribution < -0.4 is 15.5 Å². The zero-order valence-electron chi connectivity index (χ0n) is 19.4. The summed E-state index contributed by atoms with van der Waals surface area (Å²) in [6.07, 6.45) is 4.30. The molecule has 1 fully saturated rings. The average Bonchev–Trinajstić information content (AvgIpc) is 2.86. The zero-order valence-corrected chi connectivity index (χ0v) is 20.2. The Balaban J connectivity index is 1.62. The standard InChI is InChI=1S/C26H28ClN3O5/c1-16-6-7-17(27)14-22(16)29-25(32)21-15-18(8-9-23(21)30-10-12-35-13-11-30)28-24(31)19-4-2-3-5-20(19)26(33)34/h2-3,6-9,14-15,19-20H,4-5,10-13H2,1H3,(H,28,31)(H,29,32)(H,33,34)/t19-,20+/m1/s1. The Morgan fingerprint density at radius 3 is 2.43 bits per heavy atom. The zero-order chi connectivity index (χ0) is 24.9. The van der Waals surface area contributed by atoms with Gasteiger partial charge < -0.3 is 25.4 Å². The Kier molecular flexibility index (Phi) is 7.73. The largest absolute Gasteiger partial charge is 0.481 e. The highest BCUT2D eigenvalue weighted by Gasteiger charge is 2.34. The minimum Gasteiger partial charge on any atom is -0.481 e. The third kappa shape index (κ3) is 5.83. The van der Waals surface area contributed by atoms with Gasteiger partial charge in [0.15, 0.2) is 0 Å². The van der Waals surface area contributed by atoms with Gasteiger partial charge in [-0.05, 0) is 55.7 Å². The van der Waals surface area contributed by atoms with Gasteiger partial charge in [0.1, 0.15) is 0 Å². The number of aliphatic carboxylic acids is 1. The van der Waals surface area contributed by atoms with Crippen molar-refractivity contribution in [2.24, 2.45) is 11.8 Å². The molecule has 1 aliphatic carbocycles. The molecule has 0 radical (unpaired) electrons.